The first-order valence-corrected chi connectivity index (χ1v) is 10.8. The lowest BCUT2D eigenvalue weighted by Crippen LogP contribution is -2.48. The Morgan fingerprint density at radius 2 is 1.77 bits per heavy atom. The predicted molar refractivity (Wildman–Crippen MR) is 120 cm³/mol. The molecule has 2 aromatic carbocycles. The highest BCUT2D eigenvalue weighted by molar-refractivity contribution is 5.99. The standard InChI is InChI=1S/C25H26N4O2/c1-16-3-4-20(11-23(16)27-24(30)19-9-10-19)25(31)29-14-22(15-29)18-7-5-17(6-8-18)21-12-26-28(2)13-21/h3-8,11-13,19,22H,9-10,14-15H2,1-2H3,(H,27,30). The van der Waals surface area contributed by atoms with Crippen molar-refractivity contribution < 1.29 is 9.59 Å². The molecule has 1 aliphatic carbocycles. The summed E-state index contributed by atoms with van der Waals surface area (Å²) >= 11 is 0. The number of benzene rings is 2. The Morgan fingerprint density at radius 3 is 2.42 bits per heavy atom. The molecule has 2 heterocycles. The van der Waals surface area contributed by atoms with Gasteiger partial charge in [0.05, 0.1) is 6.20 Å². The molecule has 0 bridgehead atoms. The van der Waals surface area contributed by atoms with E-state index in [2.05, 4.69) is 34.7 Å². The van der Waals surface area contributed by atoms with E-state index in [4.69, 9.17) is 0 Å². The van der Waals surface area contributed by atoms with E-state index in [9.17, 15) is 9.59 Å². The number of nitrogens with one attached hydrogen (secondary N) is 1. The minimum Gasteiger partial charge on any atom is -0.337 e. The lowest BCUT2D eigenvalue weighted by molar-refractivity contribution is -0.117. The largest absolute Gasteiger partial charge is 0.337 e. The number of nitrogens with zero attached hydrogens (tertiary/aromatic N) is 3. The number of hydrogen-bond acceptors (Lipinski definition) is 3. The summed E-state index contributed by atoms with van der Waals surface area (Å²) in [6, 6.07) is 14.1. The van der Waals surface area contributed by atoms with Crippen molar-refractivity contribution in [2.24, 2.45) is 13.0 Å². The number of rotatable bonds is 5. The molecule has 0 atom stereocenters. The van der Waals surface area contributed by atoms with Crippen LogP contribution in [0.15, 0.2) is 54.9 Å². The second-order valence-corrected chi connectivity index (χ2v) is 8.72. The summed E-state index contributed by atoms with van der Waals surface area (Å²) in [5.74, 6) is 0.572. The number of carbonyl (C=O) groups excluding carboxylic acids is 2. The Kier molecular flexibility index (Phi) is 4.85. The predicted octanol–water partition coefficient (Wildman–Crippen LogP) is 3.98. The zero-order chi connectivity index (χ0) is 21.5. The molecule has 0 radical (unpaired) electrons. The molecule has 6 nitrogen and oxygen atoms in total. The molecule has 2 amide bonds. The van der Waals surface area contributed by atoms with E-state index in [1.807, 2.05) is 49.5 Å². The molecule has 2 aliphatic rings. The van der Waals surface area contributed by atoms with Gasteiger partial charge in [-0.05, 0) is 48.6 Å². The van der Waals surface area contributed by atoms with Crippen LogP contribution in [0.25, 0.3) is 11.1 Å². The first-order valence-electron chi connectivity index (χ1n) is 10.8. The molecule has 5 rings (SSSR count). The Labute approximate surface area is 181 Å². The molecule has 1 saturated carbocycles. The topological polar surface area (TPSA) is 67.2 Å². The van der Waals surface area contributed by atoms with Gasteiger partial charge in [0, 0.05) is 55.0 Å². The van der Waals surface area contributed by atoms with Gasteiger partial charge in [-0.15, -0.1) is 0 Å². The fourth-order valence-corrected chi connectivity index (χ4v) is 4.03. The van der Waals surface area contributed by atoms with Crippen molar-refractivity contribution in [3.05, 3.63) is 71.5 Å². The summed E-state index contributed by atoms with van der Waals surface area (Å²) < 4.78 is 1.80. The van der Waals surface area contributed by atoms with Gasteiger partial charge in [-0.3, -0.25) is 14.3 Å². The van der Waals surface area contributed by atoms with E-state index in [0.29, 0.717) is 24.6 Å². The minimum atomic E-state index is 0.0187. The van der Waals surface area contributed by atoms with Crippen LogP contribution in [0.4, 0.5) is 5.69 Å². The summed E-state index contributed by atoms with van der Waals surface area (Å²) in [7, 11) is 1.91. The smallest absolute Gasteiger partial charge is 0.253 e. The lowest BCUT2D eigenvalue weighted by Gasteiger charge is -2.39. The Morgan fingerprint density at radius 1 is 1.03 bits per heavy atom. The number of hydrogen-bond donors (Lipinski definition) is 1. The van der Waals surface area contributed by atoms with Crippen LogP contribution >= 0.6 is 0 Å². The van der Waals surface area contributed by atoms with Gasteiger partial charge < -0.3 is 10.2 Å². The normalized spacial score (nSPS) is 16.1. The molecular weight excluding hydrogens is 388 g/mol. The highest BCUT2D eigenvalue weighted by atomic mass is 16.2. The molecule has 0 spiro atoms. The van der Waals surface area contributed by atoms with Crippen molar-refractivity contribution in [3.8, 4) is 11.1 Å². The molecular formula is C25H26N4O2. The fraction of sp³-hybridized carbons (Fsp3) is 0.320. The second-order valence-electron chi connectivity index (χ2n) is 8.72. The summed E-state index contributed by atoms with van der Waals surface area (Å²) in [6.07, 6.45) is 5.78. The maximum absolute atomic E-state index is 12.9. The van der Waals surface area contributed by atoms with Crippen LogP contribution < -0.4 is 5.32 Å². The third kappa shape index (κ3) is 3.98. The van der Waals surface area contributed by atoms with Crippen LogP contribution in [-0.2, 0) is 11.8 Å². The number of aromatic nitrogens is 2. The van der Waals surface area contributed by atoms with Gasteiger partial charge in [0.15, 0.2) is 0 Å². The summed E-state index contributed by atoms with van der Waals surface area (Å²) in [6.45, 7) is 3.37. The Bertz CT molecular complexity index is 1140. The third-order valence-corrected chi connectivity index (χ3v) is 6.28. The molecule has 1 aliphatic heterocycles. The quantitative estimate of drug-likeness (QED) is 0.687. The van der Waals surface area contributed by atoms with Crippen molar-refractivity contribution in [1.29, 1.82) is 0 Å². The van der Waals surface area contributed by atoms with E-state index in [0.717, 1.165) is 35.2 Å². The van der Waals surface area contributed by atoms with E-state index in [1.165, 1.54) is 5.56 Å². The average molecular weight is 415 g/mol. The van der Waals surface area contributed by atoms with Gasteiger partial charge >= 0.3 is 0 Å². The molecule has 1 saturated heterocycles. The molecule has 158 valence electrons. The first-order chi connectivity index (χ1) is 15.0. The molecule has 6 heteroatoms. The minimum absolute atomic E-state index is 0.0187. The van der Waals surface area contributed by atoms with E-state index in [-0.39, 0.29) is 17.7 Å². The second kappa shape index (κ2) is 7.69. The molecule has 1 N–H and O–H groups in total. The zero-order valence-electron chi connectivity index (χ0n) is 17.8. The number of amides is 2. The van der Waals surface area contributed by atoms with E-state index in [1.54, 1.807) is 4.68 Å². The van der Waals surface area contributed by atoms with Crippen molar-refractivity contribution in [3.63, 3.8) is 0 Å². The number of aryl methyl sites for hydroxylation is 2. The summed E-state index contributed by atoms with van der Waals surface area (Å²) in [5.41, 5.74) is 5.83. The zero-order valence-corrected chi connectivity index (χ0v) is 17.8. The molecule has 3 aromatic rings. The highest BCUT2D eigenvalue weighted by Crippen LogP contribution is 2.32. The Balaban J connectivity index is 1.22. The van der Waals surface area contributed by atoms with Gasteiger partial charge in [-0.1, -0.05) is 30.3 Å². The molecule has 2 fully saturated rings. The van der Waals surface area contributed by atoms with Gasteiger partial charge in [0.1, 0.15) is 0 Å². The van der Waals surface area contributed by atoms with E-state index < -0.39 is 0 Å². The van der Waals surface area contributed by atoms with Crippen molar-refractivity contribution in [2.75, 3.05) is 18.4 Å². The van der Waals surface area contributed by atoms with Crippen LogP contribution in [0.5, 0.6) is 0 Å². The van der Waals surface area contributed by atoms with Gasteiger partial charge in [-0.2, -0.15) is 5.10 Å². The lowest BCUT2D eigenvalue weighted by atomic mass is 9.90. The van der Waals surface area contributed by atoms with Crippen molar-refractivity contribution >= 4 is 17.5 Å². The Hall–Kier alpha value is -3.41. The van der Waals surface area contributed by atoms with Gasteiger partial charge in [-0.25, -0.2) is 0 Å². The summed E-state index contributed by atoms with van der Waals surface area (Å²) in [5, 5.41) is 7.21. The average Bonchev–Trinajstić information content (AvgIpc) is 3.50. The van der Waals surface area contributed by atoms with Crippen LogP contribution in [0.1, 0.15) is 40.2 Å². The van der Waals surface area contributed by atoms with Crippen LogP contribution in [0.3, 0.4) is 0 Å². The van der Waals surface area contributed by atoms with Crippen LogP contribution in [0.2, 0.25) is 0 Å². The maximum Gasteiger partial charge on any atom is 0.253 e. The fourth-order valence-electron chi connectivity index (χ4n) is 4.03. The number of anilines is 1. The number of carbonyl (C=O) groups is 2. The molecule has 31 heavy (non-hydrogen) atoms. The summed E-state index contributed by atoms with van der Waals surface area (Å²) in [4.78, 5) is 26.9. The maximum atomic E-state index is 12.9. The van der Waals surface area contributed by atoms with E-state index >= 15 is 0 Å². The monoisotopic (exact) mass is 414 g/mol. The SMILES string of the molecule is Cc1ccc(C(=O)N2CC(c3ccc(-c4cnn(C)c4)cc3)C2)cc1NC(=O)C1CC1. The van der Waals surface area contributed by atoms with Crippen molar-refractivity contribution in [1.82, 2.24) is 14.7 Å². The van der Waals surface area contributed by atoms with Gasteiger partial charge in [0.25, 0.3) is 5.91 Å². The molecule has 0 unspecified atom stereocenters. The highest BCUT2D eigenvalue weighted by Gasteiger charge is 2.33. The number of likely N-dealkylation sites (tertiary alicyclic amines) is 1. The first kappa shape index (κ1) is 19.5. The molecule has 1 aromatic heterocycles. The van der Waals surface area contributed by atoms with Crippen molar-refractivity contribution in [2.45, 2.75) is 25.7 Å². The van der Waals surface area contributed by atoms with Crippen LogP contribution in [-0.4, -0.2) is 39.6 Å². The van der Waals surface area contributed by atoms with Crippen LogP contribution in [0, 0.1) is 12.8 Å². The van der Waals surface area contributed by atoms with Gasteiger partial charge in [0.2, 0.25) is 5.91 Å². The third-order valence-electron chi connectivity index (χ3n) is 6.28.